The summed E-state index contributed by atoms with van der Waals surface area (Å²) in [5.74, 6) is -11.4. The molecule has 6 aliphatic rings. The Kier molecular flexibility index (Phi) is 38.0. The first kappa shape index (κ1) is 93.5. The average Bonchev–Trinajstić information content (AvgIpc) is 1.77. The van der Waals surface area contributed by atoms with E-state index in [-0.39, 0.29) is 92.9 Å². The number of piperidine rings is 1. The fourth-order valence-electron chi connectivity index (χ4n) is 16.3. The van der Waals surface area contributed by atoms with Crippen LogP contribution in [0.25, 0.3) is 0 Å². The number of carbonyl (C=O) groups is 13. The van der Waals surface area contributed by atoms with E-state index in [0.717, 1.165) is 43.4 Å². The van der Waals surface area contributed by atoms with Crippen LogP contribution in [0.3, 0.4) is 0 Å². The molecule has 4 aliphatic heterocycles. The zero-order chi connectivity index (χ0) is 83.3. The number of aliphatic hydroxyl groups excluding tert-OH is 3. The molecule has 2 aliphatic carbocycles. The molecule has 2 saturated carbocycles. The molecule has 34 nitrogen and oxygen atoms in total. The van der Waals surface area contributed by atoms with Crippen LogP contribution in [-0.2, 0) is 74.5 Å². The van der Waals surface area contributed by atoms with Crippen LogP contribution in [-0.4, -0.2) is 233 Å². The number of rotatable bonds is 19. The van der Waals surface area contributed by atoms with Crippen molar-refractivity contribution in [2.45, 2.75) is 305 Å². The second kappa shape index (κ2) is 46.3. The smallest absolute Gasteiger partial charge is 0.303 e. The lowest BCUT2D eigenvalue weighted by Gasteiger charge is -2.34. The number of benzene rings is 1. The number of carboxylic acids is 1. The maximum atomic E-state index is 15.2. The van der Waals surface area contributed by atoms with Gasteiger partial charge in [-0.15, -0.1) is 0 Å². The van der Waals surface area contributed by atoms with Crippen LogP contribution in [0.2, 0.25) is 0 Å². The highest BCUT2D eigenvalue weighted by atomic mass is 32.2. The minimum Gasteiger partial charge on any atom is -0.481 e. The summed E-state index contributed by atoms with van der Waals surface area (Å²) in [7, 11) is 0. The number of carboxylic acid groups (broad SMARTS) is 1. The number of primary amides is 1. The molecule has 35 heteroatoms. The van der Waals surface area contributed by atoms with E-state index in [1.807, 2.05) is 24.3 Å². The molecule has 7 rings (SSSR count). The number of nitrogens with one attached hydrogen (secondary N) is 15. The lowest BCUT2D eigenvalue weighted by atomic mass is 9.79. The first-order chi connectivity index (χ1) is 54.2. The van der Waals surface area contributed by atoms with Gasteiger partial charge in [-0.1, -0.05) is 84.6 Å². The van der Waals surface area contributed by atoms with Crippen molar-refractivity contribution in [3.63, 3.8) is 0 Å². The van der Waals surface area contributed by atoms with Crippen molar-refractivity contribution in [1.82, 2.24) is 79.8 Å². The number of carbonyl (C=O) groups excluding carboxylic acids is 12. The van der Waals surface area contributed by atoms with E-state index in [0.29, 0.717) is 96.3 Å². The van der Waals surface area contributed by atoms with E-state index < -0.39 is 186 Å². The summed E-state index contributed by atoms with van der Waals surface area (Å²) < 4.78 is 0. The monoisotopic (exact) mass is 1620 g/mol. The molecule has 0 spiro atoms. The van der Waals surface area contributed by atoms with Crippen LogP contribution in [0.1, 0.15) is 207 Å². The lowest BCUT2D eigenvalue weighted by Crippen LogP contribution is -2.63. The highest BCUT2D eigenvalue weighted by molar-refractivity contribution is 7.98. The Morgan fingerprint density at radius 3 is 1.55 bits per heavy atom. The number of hydrogen-bond acceptors (Lipinski definition) is 22. The number of aryl methyl sites for hydroxylation is 1. The van der Waals surface area contributed by atoms with Crippen molar-refractivity contribution in [2.24, 2.45) is 46.5 Å². The lowest BCUT2D eigenvalue weighted by molar-refractivity contribution is -0.139. The predicted octanol–water partition coefficient (Wildman–Crippen LogP) is -1.32. The van der Waals surface area contributed by atoms with E-state index in [4.69, 9.17) is 11.5 Å². The maximum absolute atomic E-state index is 15.2. The minimum absolute atomic E-state index is 0.000454. The Bertz CT molecular complexity index is 3380. The van der Waals surface area contributed by atoms with E-state index in [1.165, 1.54) is 25.6 Å². The molecule has 12 amide bonds. The van der Waals surface area contributed by atoms with Crippen molar-refractivity contribution in [3.05, 3.63) is 35.4 Å². The zero-order valence-electron chi connectivity index (χ0n) is 67.5. The molecule has 640 valence electrons. The number of nitrogens with two attached hydrogens (primary N) is 2. The first-order valence-electron chi connectivity index (χ1n) is 41.4. The Morgan fingerprint density at radius 2 is 1.02 bits per heavy atom. The average molecular weight is 1620 g/mol. The molecule has 23 N–H and O–H groups in total. The molecule has 1 aromatic rings. The van der Waals surface area contributed by atoms with Gasteiger partial charge >= 0.3 is 5.97 Å². The van der Waals surface area contributed by atoms with Gasteiger partial charge in [0.1, 0.15) is 66.5 Å². The van der Waals surface area contributed by atoms with Crippen LogP contribution < -0.4 is 91.2 Å². The van der Waals surface area contributed by atoms with Crippen LogP contribution in [0.5, 0.6) is 0 Å². The minimum atomic E-state index is -1.77. The first-order valence-corrected chi connectivity index (χ1v) is 42.5. The molecule has 17 atom stereocenters. The van der Waals surface area contributed by atoms with Gasteiger partial charge in [0.05, 0.1) is 24.5 Å². The number of thioether (sulfide) groups is 1. The molecule has 114 heavy (non-hydrogen) atoms. The largest absolute Gasteiger partial charge is 0.481 e. The third-order valence-electron chi connectivity index (χ3n) is 23.0. The van der Waals surface area contributed by atoms with Gasteiger partial charge in [-0.05, 0) is 195 Å². The number of amides is 12. The standard InChI is InChI=1S/C79H131N17O17S/c1-8-14-54-69(104)88-56(29-30-63(101)102)70(105)89-57(33-46-21-23-48(37-80)24-22-46)72(107)87-55(15-9-2)71(106)95-65(44(4)98)77(112)93-61(67(81)103)41-114-40-49-18-12-17-45(32-49)16-10-11-20-62(100)94-66(79(5,6)7)78(113)92-58(34-47-25-27-52(99)28-26-47)73(108)90-60(36-51-39-82-42-85-51)75(110)96-64(43(3)97)76(111)91-59(74(109)86-54)35-50-38-84-68-53(50)19-13-31-83-68/h12,17-18,32,43-44,46-48,50-61,64-66,68,82-85,97-99H,8-11,13-16,19-31,33-42,80H2,1-7H3,(H2,81,103)(H,86,109)(H,87,107)(H,88,104)(H,89,105)(H,90,108)(H,91,111)(H,92,113)(H,93,112)(H,94,100)(H,95,106)(H,96,110)(H,101,102)/t43-,44-,46?,47?,48?,50?,51?,52?,53?,54+,55+,56+,57+,58+,59+,60+,61+,64+,65+,66-,68?/m1/s1. The fourth-order valence-corrected chi connectivity index (χ4v) is 17.3. The SMILES string of the molecule is CCC[C@@H]1NC(=O)[C@H](CC2CNC3NCCCC23)NC(=O)[C@H]([C@@H](C)O)NC(=O)[C@H](CC2CNCN2)NC(=O)[C@H](CC2CCC(O)CC2)NC(=O)[C@H](C(C)(C)C)NC(=O)CCCCc2cccc(c2)CSC[C@@H](C(N)=O)NC(=O)[C@H]([C@@H](C)O)NC(=O)[C@H](CCC)NC(=O)[C@H](CC2CCC(CN)CC2)NC(=O)[C@H](CCC(=O)O)NC1=O. The van der Waals surface area contributed by atoms with Gasteiger partial charge in [0.2, 0.25) is 70.9 Å². The quantitative estimate of drug-likeness (QED) is 0.0764. The van der Waals surface area contributed by atoms with E-state index in [1.54, 1.807) is 34.6 Å². The predicted molar refractivity (Wildman–Crippen MR) is 427 cm³/mol. The van der Waals surface area contributed by atoms with Crippen molar-refractivity contribution >= 4 is 88.6 Å². The summed E-state index contributed by atoms with van der Waals surface area (Å²) in [6.07, 6.45) is 3.43. The van der Waals surface area contributed by atoms with Crippen LogP contribution >= 0.6 is 11.8 Å². The second-order valence-corrected chi connectivity index (χ2v) is 34.5. The summed E-state index contributed by atoms with van der Waals surface area (Å²) >= 11 is 1.29. The Balaban J connectivity index is 1.23. The summed E-state index contributed by atoms with van der Waals surface area (Å²) in [6, 6.07) is -8.62. The zero-order valence-corrected chi connectivity index (χ0v) is 68.3. The van der Waals surface area contributed by atoms with Crippen LogP contribution in [0, 0.1) is 35.0 Å². The highest BCUT2D eigenvalue weighted by Crippen LogP contribution is 2.34. The van der Waals surface area contributed by atoms with Crippen molar-refractivity contribution in [2.75, 3.05) is 38.6 Å². The Labute approximate surface area is 673 Å². The third kappa shape index (κ3) is 29.8. The van der Waals surface area contributed by atoms with Gasteiger partial charge < -0.3 is 112 Å². The van der Waals surface area contributed by atoms with Gasteiger partial charge in [0, 0.05) is 43.6 Å². The van der Waals surface area contributed by atoms with E-state index >= 15 is 19.2 Å². The number of hydrogen-bond donors (Lipinski definition) is 21. The Morgan fingerprint density at radius 1 is 0.535 bits per heavy atom. The van der Waals surface area contributed by atoms with E-state index in [9.17, 15) is 63.6 Å². The molecule has 0 aromatic heterocycles. The van der Waals surface area contributed by atoms with Gasteiger partial charge in [0.15, 0.2) is 0 Å². The normalized spacial score (nSPS) is 32.3. The molecule has 3 saturated heterocycles. The summed E-state index contributed by atoms with van der Waals surface area (Å²) in [4.78, 5) is 187. The topological polar surface area (TPSA) is 535 Å². The number of fused-ring (bicyclic) bond motifs is 3. The molecular formula is C79H131N17O17S. The van der Waals surface area contributed by atoms with Crippen molar-refractivity contribution < 1.29 is 82.8 Å². The van der Waals surface area contributed by atoms with Gasteiger partial charge in [-0.2, -0.15) is 11.8 Å². The molecule has 0 radical (unpaired) electrons. The van der Waals surface area contributed by atoms with Gasteiger partial charge in [0.25, 0.3) is 0 Å². The van der Waals surface area contributed by atoms with Crippen molar-refractivity contribution in [1.29, 1.82) is 0 Å². The fraction of sp³-hybridized carbons (Fsp3) is 0.759. The van der Waals surface area contributed by atoms with Gasteiger partial charge in [-0.25, -0.2) is 0 Å². The van der Waals surface area contributed by atoms with Crippen LogP contribution in [0.15, 0.2) is 24.3 Å². The summed E-state index contributed by atoms with van der Waals surface area (Å²) in [6.45, 7) is 13.6. The highest BCUT2D eigenvalue weighted by Gasteiger charge is 2.44. The number of aliphatic hydroxyl groups is 3. The van der Waals surface area contributed by atoms with E-state index in [2.05, 4.69) is 79.8 Å². The molecule has 1 aromatic carbocycles. The molecular weight excluding hydrogens is 1490 g/mol. The Hall–Kier alpha value is -7.64. The third-order valence-corrected chi connectivity index (χ3v) is 24.2. The summed E-state index contributed by atoms with van der Waals surface area (Å²) in [5, 5.41) is 86.6. The molecule has 4 unspecified atom stereocenters. The van der Waals surface area contributed by atoms with Crippen LogP contribution in [0.4, 0.5) is 0 Å². The second-order valence-electron chi connectivity index (χ2n) is 33.4. The maximum Gasteiger partial charge on any atom is 0.303 e. The van der Waals surface area contributed by atoms with Crippen molar-refractivity contribution in [3.8, 4) is 0 Å². The molecule has 4 heterocycles. The number of aliphatic carboxylic acids is 1. The molecule has 5 fully saturated rings. The van der Waals surface area contributed by atoms with Gasteiger partial charge in [-0.3, -0.25) is 62.3 Å². The molecule has 2 bridgehead atoms. The summed E-state index contributed by atoms with van der Waals surface area (Å²) in [5.41, 5.74) is 12.8.